The van der Waals surface area contributed by atoms with E-state index >= 15 is 0 Å². The standard InChI is InChI=1S/C12H23NO3/c1-4-10-5-6-11(14)13(8-7-10)9-12(15-2)16-3/h10,12H,4-9H2,1-3H3. The van der Waals surface area contributed by atoms with Gasteiger partial charge in [-0.1, -0.05) is 13.3 Å². The number of methoxy groups -OCH3 is 2. The number of likely N-dealkylation sites (tertiary alicyclic amines) is 1. The Morgan fingerprint density at radius 2 is 2.06 bits per heavy atom. The Kier molecular flexibility index (Phi) is 5.77. The smallest absolute Gasteiger partial charge is 0.222 e. The summed E-state index contributed by atoms with van der Waals surface area (Å²) in [6.45, 7) is 3.57. The van der Waals surface area contributed by atoms with Crippen LogP contribution in [0.3, 0.4) is 0 Å². The molecule has 0 N–H and O–H groups in total. The van der Waals surface area contributed by atoms with Crippen LogP contribution in [0.5, 0.6) is 0 Å². The Balaban J connectivity index is 2.48. The van der Waals surface area contributed by atoms with Crippen molar-refractivity contribution in [1.82, 2.24) is 4.90 Å². The van der Waals surface area contributed by atoms with Gasteiger partial charge in [-0.05, 0) is 18.8 Å². The molecule has 0 aromatic heterocycles. The van der Waals surface area contributed by atoms with E-state index in [4.69, 9.17) is 9.47 Å². The first-order valence-corrected chi connectivity index (χ1v) is 6.04. The van der Waals surface area contributed by atoms with Crippen molar-refractivity contribution in [3.8, 4) is 0 Å². The molecule has 0 aromatic rings. The maximum absolute atomic E-state index is 11.9. The van der Waals surface area contributed by atoms with Gasteiger partial charge in [0.15, 0.2) is 6.29 Å². The lowest BCUT2D eigenvalue weighted by atomic mass is 9.98. The van der Waals surface area contributed by atoms with Gasteiger partial charge in [0.2, 0.25) is 5.91 Å². The number of hydrogen-bond donors (Lipinski definition) is 0. The summed E-state index contributed by atoms with van der Waals surface area (Å²) in [5.41, 5.74) is 0. The highest BCUT2D eigenvalue weighted by Crippen LogP contribution is 2.21. The number of nitrogens with zero attached hydrogens (tertiary/aromatic N) is 1. The number of rotatable bonds is 5. The largest absolute Gasteiger partial charge is 0.354 e. The Morgan fingerprint density at radius 3 is 2.62 bits per heavy atom. The lowest BCUT2D eigenvalue weighted by Crippen LogP contribution is -2.38. The maximum atomic E-state index is 11.9. The molecule has 0 aromatic carbocycles. The first kappa shape index (κ1) is 13.5. The number of amides is 1. The molecule has 0 saturated carbocycles. The fraction of sp³-hybridized carbons (Fsp3) is 0.917. The fourth-order valence-corrected chi connectivity index (χ4v) is 2.12. The molecule has 1 amide bonds. The summed E-state index contributed by atoms with van der Waals surface area (Å²) in [5, 5.41) is 0. The first-order chi connectivity index (χ1) is 7.71. The van der Waals surface area contributed by atoms with E-state index in [-0.39, 0.29) is 12.2 Å². The van der Waals surface area contributed by atoms with Crippen LogP contribution in [0.4, 0.5) is 0 Å². The van der Waals surface area contributed by atoms with Crippen LogP contribution in [0.25, 0.3) is 0 Å². The predicted molar refractivity (Wildman–Crippen MR) is 62.0 cm³/mol. The molecule has 94 valence electrons. The van der Waals surface area contributed by atoms with Gasteiger partial charge in [0, 0.05) is 27.2 Å². The second-order valence-electron chi connectivity index (χ2n) is 4.34. The monoisotopic (exact) mass is 229 g/mol. The highest BCUT2D eigenvalue weighted by molar-refractivity contribution is 5.76. The van der Waals surface area contributed by atoms with Crippen LogP contribution in [0.1, 0.15) is 32.6 Å². The normalized spacial score (nSPS) is 22.6. The Labute approximate surface area is 97.9 Å². The zero-order valence-corrected chi connectivity index (χ0v) is 10.6. The SMILES string of the molecule is CCC1CCC(=O)N(CC(OC)OC)CC1. The molecule has 0 radical (unpaired) electrons. The molecule has 1 heterocycles. The quantitative estimate of drug-likeness (QED) is 0.673. The summed E-state index contributed by atoms with van der Waals surface area (Å²) in [4.78, 5) is 13.7. The molecule has 0 bridgehead atoms. The molecule has 1 unspecified atom stereocenters. The third kappa shape index (κ3) is 3.76. The highest BCUT2D eigenvalue weighted by atomic mass is 16.7. The van der Waals surface area contributed by atoms with E-state index in [1.54, 1.807) is 14.2 Å². The lowest BCUT2D eigenvalue weighted by molar-refractivity contribution is -0.144. The number of carbonyl (C=O) groups is 1. The number of hydrogen-bond acceptors (Lipinski definition) is 3. The van der Waals surface area contributed by atoms with E-state index in [9.17, 15) is 4.79 Å². The molecule has 4 heteroatoms. The molecule has 0 aliphatic carbocycles. The van der Waals surface area contributed by atoms with Crippen LogP contribution >= 0.6 is 0 Å². The van der Waals surface area contributed by atoms with Gasteiger partial charge in [-0.3, -0.25) is 4.79 Å². The zero-order valence-electron chi connectivity index (χ0n) is 10.6. The van der Waals surface area contributed by atoms with Gasteiger partial charge in [-0.15, -0.1) is 0 Å². The summed E-state index contributed by atoms with van der Waals surface area (Å²) < 4.78 is 10.3. The molecule has 1 rings (SSSR count). The first-order valence-electron chi connectivity index (χ1n) is 6.04. The predicted octanol–water partition coefficient (Wildman–Crippen LogP) is 1.64. The molecule has 16 heavy (non-hydrogen) atoms. The molecular formula is C12H23NO3. The third-order valence-electron chi connectivity index (χ3n) is 3.40. The number of ether oxygens (including phenoxy) is 2. The number of carbonyl (C=O) groups excluding carboxylic acids is 1. The zero-order chi connectivity index (χ0) is 12.0. The van der Waals surface area contributed by atoms with Crippen molar-refractivity contribution in [1.29, 1.82) is 0 Å². The van der Waals surface area contributed by atoms with Gasteiger partial charge in [-0.2, -0.15) is 0 Å². The minimum atomic E-state index is -0.304. The molecule has 0 spiro atoms. The Hall–Kier alpha value is -0.610. The third-order valence-corrected chi connectivity index (χ3v) is 3.40. The second kappa shape index (κ2) is 6.86. The minimum absolute atomic E-state index is 0.232. The summed E-state index contributed by atoms with van der Waals surface area (Å²) >= 11 is 0. The van der Waals surface area contributed by atoms with E-state index in [1.165, 1.54) is 6.42 Å². The van der Waals surface area contributed by atoms with Gasteiger partial charge in [0.25, 0.3) is 0 Å². The molecule has 4 nitrogen and oxygen atoms in total. The van der Waals surface area contributed by atoms with Crippen LogP contribution in [0, 0.1) is 5.92 Å². The topological polar surface area (TPSA) is 38.8 Å². The fourth-order valence-electron chi connectivity index (χ4n) is 2.12. The Morgan fingerprint density at radius 1 is 1.38 bits per heavy atom. The average Bonchev–Trinajstić information content (AvgIpc) is 2.49. The second-order valence-corrected chi connectivity index (χ2v) is 4.34. The van der Waals surface area contributed by atoms with Crippen LogP contribution in [-0.4, -0.2) is 44.4 Å². The van der Waals surface area contributed by atoms with Crippen LogP contribution in [0.2, 0.25) is 0 Å². The van der Waals surface area contributed by atoms with Gasteiger partial charge in [0.05, 0.1) is 6.54 Å². The molecular weight excluding hydrogens is 206 g/mol. The van der Waals surface area contributed by atoms with Crippen molar-refractivity contribution >= 4 is 5.91 Å². The summed E-state index contributed by atoms with van der Waals surface area (Å²) in [5.74, 6) is 0.924. The van der Waals surface area contributed by atoms with E-state index in [1.807, 2.05) is 4.90 Å². The van der Waals surface area contributed by atoms with E-state index in [0.717, 1.165) is 19.4 Å². The van der Waals surface area contributed by atoms with Gasteiger partial charge in [-0.25, -0.2) is 0 Å². The van der Waals surface area contributed by atoms with E-state index in [0.29, 0.717) is 18.9 Å². The van der Waals surface area contributed by atoms with Gasteiger partial charge >= 0.3 is 0 Å². The van der Waals surface area contributed by atoms with Crippen LogP contribution < -0.4 is 0 Å². The molecule has 1 atom stereocenters. The van der Waals surface area contributed by atoms with Crippen molar-refractivity contribution < 1.29 is 14.3 Å². The average molecular weight is 229 g/mol. The summed E-state index contributed by atoms with van der Waals surface area (Å²) in [6.07, 6.45) is 3.65. The highest BCUT2D eigenvalue weighted by Gasteiger charge is 2.23. The van der Waals surface area contributed by atoms with Crippen molar-refractivity contribution in [2.24, 2.45) is 5.92 Å². The van der Waals surface area contributed by atoms with Crippen molar-refractivity contribution in [3.05, 3.63) is 0 Å². The van der Waals surface area contributed by atoms with Crippen LogP contribution in [-0.2, 0) is 14.3 Å². The van der Waals surface area contributed by atoms with Crippen molar-refractivity contribution in [2.75, 3.05) is 27.3 Å². The summed E-state index contributed by atoms with van der Waals surface area (Å²) in [6, 6.07) is 0. The lowest BCUT2D eigenvalue weighted by Gasteiger charge is -2.24. The van der Waals surface area contributed by atoms with Crippen LogP contribution in [0.15, 0.2) is 0 Å². The van der Waals surface area contributed by atoms with E-state index in [2.05, 4.69) is 6.92 Å². The molecule has 1 saturated heterocycles. The summed E-state index contributed by atoms with van der Waals surface area (Å²) in [7, 11) is 3.20. The van der Waals surface area contributed by atoms with E-state index < -0.39 is 0 Å². The van der Waals surface area contributed by atoms with Crippen molar-refractivity contribution in [2.45, 2.75) is 38.9 Å². The molecule has 1 aliphatic rings. The van der Waals surface area contributed by atoms with Crippen molar-refractivity contribution in [3.63, 3.8) is 0 Å². The molecule has 1 aliphatic heterocycles. The minimum Gasteiger partial charge on any atom is -0.354 e. The molecule has 1 fully saturated rings. The van der Waals surface area contributed by atoms with Gasteiger partial charge in [0.1, 0.15) is 0 Å². The maximum Gasteiger partial charge on any atom is 0.222 e. The van der Waals surface area contributed by atoms with Gasteiger partial charge < -0.3 is 14.4 Å². The Bertz CT molecular complexity index is 216.